The Balaban J connectivity index is 2.26. The fourth-order valence-electron chi connectivity index (χ4n) is 1.67. The highest BCUT2D eigenvalue weighted by Crippen LogP contribution is 2.22. The number of methoxy groups -OCH3 is 1. The molecule has 88 valence electrons. The van der Waals surface area contributed by atoms with Crippen LogP contribution in [0.15, 0.2) is 36.7 Å². The summed E-state index contributed by atoms with van der Waals surface area (Å²) in [5.41, 5.74) is 0.703. The number of fused-ring (bicyclic) bond motifs is 1. The van der Waals surface area contributed by atoms with E-state index in [1.165, 1.54) is 7.11 Å². The number of esters is 1. The van der Waals surface area contributed by atoms with E-state index in [0.717, 1.165) is 10.8 Å². The van der Waals surface area contributed by atoms with Crippen LogP contribution in [0.3, 0.4) is 0 Å². The number of carbonyl (C=O) groups excluding carboxylic acids is 1. The van der Waals surface area contributed by atoms with Gasteiger partial charge in [0.15, 0.2) is 0 Å². The summed E-state index contributed by atoms with van der Waals surface area (Å²) in [4.78, 5) is 15.1. The second-order valence-corrected chi connectivity index (χ2v) is 3.78. The van der Waals surface area contributed by atoms with Gasteiger partial charge in [0.05, 0.1) is 19.6 Å². The molecular formula is C13H13NO3. The van der Waals surface area contributed by atoms with Gasteiger partial charge in [-0.25, -0.2) is 0 Å². The Morgan fingerprint density at radius 1 is 1.41 bits per heavy atom. The molecule has 0 saturated carbocycles. The molecule has 4 heteroatoms. The lowest BCUT2D eigenvalue weighted by atomic mass is 10.0. The van der Waals surface area contributed by atoms with Gasteiger partial charge in [0, 0.05) is 17.8 Å². The van der Waals surface area contributed by atoms with Gasteiger partial charge < -0.3 is 9.84 Å². The number of benzene rings is 1. The molecule has 0 radical (unpaired) electrons. The number of aliphatic hydroxyl groups is 1. The molecule has 1 N–H and O–H groups in total. The molecule has 1 aromatic heterocycles. The first-order valence-electron chi connectivity index (χ1n) is 5.29. The van der Waals surface area contributed by atoms with Crippen LogP contribution >= 0.6 is 0 Å². The van der Waals surface area contributed by atoms with Crippen molar-refractivity contribution in [2.24, 2.45) is 0 Å². The monoisotopic (exact) mass is 231 g/mol. The molecule has 0 aliphatic heterocycles. The third-order valence-electron chi connectivity index (χ3n) is 2.64. The minimum atomic E-state index is -0.833. The zero-order valence-corrected chi connectivity index (χ0v) is 9.46. The third-order valence-corrected chi connectivity index (χ3v) is 2.64. The summed E-state index contributed by atoms with van der Waals surface area (Å²) in [6, 6.07) is 7.38. The van der Waals surface area contributed by atoms with E-state index in [1.54, 1.807) is 18.5 Å². The third kappa shape index (κ3) is 2.60. The lowest BCUT2D eigenvalue weighted by Crippen LogP contribution is -2.07. The molecule has 0 unspecified atom stereocenters. The number of aliphatic hydroxyl groups excluding tert-OH is 1. The van der Waals surface area contributed by atoms with E-state index in [9.17, 15) is 9.90 Å². The Kier molecular flexibility index (Phi) is 3.35. The van der Waals surface area contributed by atoms with Crippen LogP contribution in [0.5, 0.6) is 0 Å². The Morgan fingerprint density at radius 3 is 3.00 bits per heavy atom. The maximum absolute atomic E-state index is 11.1. The number of pyridine rings is 1. The molecule has 1 aromatic carbocycles. The van der Waals surface area contributed by atoms with Crippen molar-refractivity contribution in [1.82, 2.24) is 4.98 Å². The summed E-state index contributed by atoms with van der Waals surface area (Å²) >= 11 is 0. The number of hydrogen-bond donors (Lipinski definition) is 1. The van der Waals surface area contributed by atoms with Gasteiger partial charge in [-0.1, -0.05) is 12.1 Å². The van der Waals surface area contributed by atoms with Crippen molar-refractivity contribution in [3.8, 4) is 0 Å². The second kappa shape index (κ2) is 4.93. The van der Waals surface area contributed by atoms with Crippen molar-refractivity contribution < 1.29 is 14.6 Å². The second-order valence-electron chi connectivity index (χ2n) is 3.78. The Labute approximate surface area is 98.9 Å². The summed E-state index contributed by atoms with van der Waals surface area (Å²) in [5, 5.41) is 11.9. The molecule has 0 saturated heterocycles. The van der Waals surface area contributed by atoms with E-state index >= 15 is 0 Å². The topological polar surface area (TPSA) is 59.4 Å². The first-order chi connectivity index (χ1) is 8.20. The van der Waals surface area contributed by atoms with Gasteiger partial charge in [0.1, 0.15) is 0 Å². The maximum atomic E-state index is 11.1. The minimum Gasteiger partial charge on any atom is -0.469 e. The zero-order chi connectivity index (χ0) is 12.3. The molecule has 0 aliphatic carbocycles. The molecule has 2 aromatic rings. The normalized spacial score (nSPS) is 12.4. The predicted octanol–water partition coefficient (Wildman–Crippen LogP) is 1.83. The molecule has 0 bridgehead atoms. The van der Waals surface area contributed by atoms with Gasteiger partial charge in [-0.15, -0.1) is 0 Å². The van der Waals surface area contributed by atoms with Crippen LogP contribution in [-0.2, 0) is 9.53 Å². The molecule has 0 spiro atoms. The average molecular weight is 231 g/mol. The van der Waals surface area contributed by atoms with Crippen LogP contribution in [0.4, 0.5) is 0 Å². The van der Waals surface area contributed by atoms with E-state index in [0.29, 0.717) is 5.56 Å². The first-order valence-corrected chi connectivity index (χ1v) is 5.29. The fourth-order valence-corrected chi connectivity index (χ4v) is 1.67. The molecule has 1 heterocycles. The van der Waals surface area contributed by atoms with Crippen LogP contribution in [0, 0.1) is 0 Å². The largest absolute Gasteiger partial charge is 0.469 e. The van der Waals surface area contributed by atoms with Crippen molar-refractivity contribution in [1.29, 1.82) is 0 Å². The summed E-state index contributed by atoms with van der Waals surface area (Å²) in [5.74, 6) is -0.424. The number of hydrogen-bond acceptors (Lipinski definition) is 4. The van der Waals surface area contributed by atoms with Crippen LogP contribution in [0.25, 0.3) is 10.8 Å². The first kappa shape index (κ1) is 11.5. The van der Waals surface area contributed by atoms with Gasteiger partial charge in [-0.3, -0.25) is 9.78 Å². The van der Waals surface area contributed by atoms with E-state index in [4.69, 9.17) is 0 Å². The molecule has 17 heavy (non-hydrogen) atoms. The van der Waals surface area contributed by atoms with Crippen molar-refractivity contribution in [3.05, 3.63) is 42.2 Å². The van der Waals surface area contributed by atoms with Gasteiger partial charge >= 0.3 is 5.97 Å². The Bertz CT molecular complexity index is 539. The van der Waals surface area contributed by atoms with Crippen molar-refractivity contribution >= 4 is 16.7 Å². The number of rotatable bonds is 3. The number of nitrogens with zero attached hydrogens (tertiary/aromatic N) is 1. The molecular weight excluding hydrogens is 218 g/mol. The molecule has 0 fully saturated rings. The average Bonchev–Trinajstić information content (AvgIpc) is 2.38. The maximum Gasteiger partial charge on any atom is 0.308 e. The zero-order valence-electron chi connectivity index (χ0n) is 9.46. The lowest BCUT2D eigenvalue weighted by molar-refractivity contribution is -0.142. The van der Waals surface area contributed by atoms with Crippen molar-refractivity contribution in [2.45, 2.75) is 12.5 Å². The molecule has 2 rings (SSSR count). The van der Waals surface area contributed by atoms with Crippen LogP contribution < -0.4 is 0 Å². The highest BCUT2D eigenvalue weighted by Gasteiger charge is 2.13. The standard InChI is InChI=1S/C13H13NO3/c1-17-13(16)7-12(15)10-2-3-11-8-14-5-4-9(11)6-10/h2-6,8,12,15H,7H2,1H3/t12-/m0/s1. The summed E-state index contributed by atoms with van der Waals surface area (Å²) in [6.45, 7) is 0. The van der Waals surface area contributed by atoms with E-state index in [2.05, 4.69) is 9.72 Å². The molecule has 1 atom stereocenters. The lowest BCUT2D eigenvalue weighted by Gasteiger charge is -2.10. The summed E-state index contributed by atoms with van der Waals surface area (Å²) < 4.78 is 4.52. The van der Waals surface area contributed by atoms with Crippen LogP contribution in [-0.4, -0.2) is 23.2 Å². The van der Waals surface area contributed by atoms with E-state index in [-0.39, 0.29) is 6.42 Å². The van der Waals surface area contributed by atoms with E-state index < -0.39 is 12.1 Å². The Hall–Kier alpha value is -1.94. The number of ether oxygens (including phenoxy) is 1. The highest BCUT2D eigenvalue weighted by molar-refractivity contribution is 5.82. The van der Waals surface area contributed by atoms with Crippen LogP contribution in [0.2, 0.25) is 0 Å². The molecule has 0 amide bonds. The highest BCUT2D eigenvalue weighted by atomic mass is 16.5. The van der Waals surface area contributed by atoms with Crippen LogP contribution in [0.1, 0.15) is 18.1 Å². The smallest absolute Gasteiger partial charge is 0.308 e. The van der Waals surface area contributed by atoms with Gasteiger partial charge in [0.2, 0.25) is 0 Å². The molecule has 0 aliphatic rings. The predicted molar refractivity (Wildman–Crippen MR) is 63.3 cm³/mol. The Morgan fingerprint density at radius 2 is 2.24 bits per heavy atom. The summed E-state index contributed by atoms with van der Waals surface area (Å²) in [6.07, 6.45) is 2.58. The van der Waals surface area contributed by atoms with Gasteiger partial charge in [-0.05, 0) is 23.1 Å². The van der Waals surface area contributed by atoms with E-state index in [1.807, 2.05) is 18.2 Å². The quantitative estimate of drug-likeness (QED) is 0.819. The van der Waals surface area contributed by atoms with Crippen molar-refractivity contribution in [2.75, 3.05) is 7.11 Å². The number of carbonyl (C=O) groups is 1. The summed E-state index contributed by atoms with van der Waals surface area (Å²) in [7, 11) is 1.31. The minimum absolute atomic E-state index is 0.0346. The van der Waals surface area contributed by atoms with Gasteiger partial charge in [-0.2, -0.15) is 0 Å². The fraction of sp³-hybridized carbons (Fsp3) is 0.231. The van der Waals surface area contributed by atoms with Gasteiger partial charge in [0.25, 0.3) is 0 Å². The van der Waals surface area contributed by atoms with Crippen molar-refractivity contribution in [3.63, 3.8) is 0 Å². The SMILES string of the molecule is COC(=O)C[C@H](O)c1ccc2cnccc2c1. The molecule has 4 nitrogen and oxygen atoms in total. The number of aromatic nitrogens is 1.